The molecular formula is C15H21N4O5. The molecule has 1 aromatic heterocycles. The van der Waals surface area contributed by atoms with Crippen molar-refractivity contribution in [3.63, 3.8) is 0 Å². The molecule has 0 unspecified atom stereocenters. The Kier molecular flexibility index (Phi) is 7.53. The zero-order chi connectivity index (χ0) is 17.2. The van der Waals surface area contributed by atoms with Gasteiger partial charge in [-0.15, -0.1) is 5.10 Å². The van der Waals surface area contributed by atoms with Gasteiger partial charge in [0.1, 0.15) is 5.69 Å². The van der Waals surface area contributed by atoms with E-state index < -0.39 is 0 Å². The van der Waals surface area contributed by atoms with Crippen LogP contribution in [0.15, 0.2) is 18.3 Å². The van der Waals surface area contributed by atoms with Gasteiger partial charge in [-0.25, -0.2) is 4.68 Å². The van der Waals surface area contributed by atoms with Crippen molar-refractivity contribution < 1.29 is 23.8 Å². The molecule has 24 heavy (non-hydrogen) atoms. The van der Waals surface area contributed by atoms with Gasteiger partial charge in [-0.3, -0.25) is 14.5 Å². The third-order valence-corrected chi connectivity index (χ3v) is 3.16. The molecule has 1 aliphatic heterocycles. The lowest BCUT2D eigenvalue weighted by Crippen LogP contribution is -2.29. The summed E-state index contributed by atoms with van der Waals surface area (Å²) < 4.78 is 17.4. The molecule has 1 aliphatic rings. The largest absolute Gasteiger partial charge is 0.379 e. The van der Waals surface area contributed by atoms with E-state index in [1.807, 2.05) is 0 Å². The highest BCUT2D eigenvalue weighted by Crippen LogP contribution is 2.08. The first kappa shape index (κ1) is 18.2. The first-order valence-electron chi connectivity index (χ1n) is 7.65. The Labute approximate surface area is 140 Å². The van der Waals surface area contributed by atoms with E-state index in [9.17, 15) is 9.59 Å². The molecule has 2 amide bonds. The number of rotatable bonds is 12. The second kappa shape index (κ2) is 9.91. The fourth-order valence-electron chi connectivity index (χ4n) is 1.97. The van der Waals surface area contributed by atoms with E-state index in [0.717, 1.165) is 4.90 Å². The number of aromatic nitrogens is 3. The number of carbonyl (C=O) groups is 2. The van der Waals surface area contributed by atoms with Gasteiger partial charge in [0, 0.05) is 18.8 Å². The van der Waals surface area contributed by atoms with E-state index in [4.69, 9.17) is 14.2 Å². The van der Waals surface area contributed by atoms with Crippen LogP contribution in [0.4, 0.5) is 0 Å². The predicted octanol–water partition coefficient (Wildman–Crippen LogP) is -0.413. The standard InChI is InChI=1S/C15H21N4O5/c1-2-22-7-8-24-10-9-23-6-5-18-11-13(16-17-18)12-19-14(20)3-4-15(19)21/h3-4,11H,1-2,5-10,12H2. The molecule has 0 saturated heterocycles. The van der Waals surface area contributed by atoms with Gasteiger partial charge in [0.2, 0.25) is 0 Å². The Morgan fingerprint density at radius 3 is 2.25 bits per heavy atom. The first-order valence-corrected chi connectivity index (χ1v) is 7.65. The predicted molar refractivity (Wildman–Crippen MR) is 82.5 cm³/mol. The molecule has 1 aromatic rings. The monoisotopic (exact) mass is 337 g/mol. The van der Waals surface area contributed by atoms with Gasteiger partial charge in [-0.2, -0.15) is 0 Å². The zero-order valence-electron chi connectivity index (χ0n) is 13.4. The summed E-state index contributed by atoms with van der Waals surface area (Å²) in [5.41, 5.74) is 0.550. The molecule has 0 spiro atoms. The highest BCUT2D eigenvalue weighted by atomic mass is 16.5. The van der Waals surface area contributed by atoms with Crippen LogP contribution in [0, 0.1) is 6.92 Å². The number of nitrogens with zero attached hydrogens (tertiary/aromatic N) is 4. The zero-order valence-corrected chi connectivity index (χ0v) is 13.4. The van der Waals surface area contributed by atoms with E-state index in [-0.39, 0.29) is 18.4 Å². The summed E-state index contributed by atoms with van der Waals surface area (Å²) in [4.78, 5) is 24.1. The number of hydrogen-bond donors (Lipinski definition) is 0. The van der Waals surface area contributed by atoms with Crippen LogP contribution in [0.2, 0.25) is 0 Å². The molecule has 0 fully saturated rings. The molecule has 1 radical (unpaired) electrons. The second-order valence-corrected chi connectivity index (χ2v) is 4.91. The molecule has 9 nitrogen and oxygen atoms in total. The third-order valence-electron chi connectivity index (χ3n) is 3.16. The summed E-state index contributed by atoms with van der Waals surface area (Å²) in [6.07, 6.45) is 4.18. The van der Waals surface area contributed by atoms with Crippen molar-refractivity contribution in [2.45, 2.75) is 13.1 Å². The Balaban J connectivity index is 1.57. The molecule has 0 bridgehead atoms. The van der Waals surface area contributed by atoms with Crippen molar-refractivity contribution >= 4 is 11.8 Å². The van der Waals surface area contributed by atoms with Crippen LogP contribution in [0.1, 0.15) is 5.69 Å². The molecule has 0 atom stereocenters. The smallest absolute Gasteiger partial charge is 0.253 e. The van der Waals surface area contributed by atoms with Crippen molar-refractivity contribution in [1.82, 2.24) is 19.9 Å². The molecule has 9 heteroatoms. The summed E-state index contributed by atoms with van der Waals surface area (Å²) in [6.45, 7) is 7.13. The molecule has 2 heterocycles. The van der Waals surface area contributed by atoms with Crippen molar-refractivity contribution in [3.05, 3.63) is 31.0 Å². The summed E-state index contributed by atoms with van der Waals surface area (Å²) in [7, 11) is 0. The summed E-state index contributed by atoms with van der Waals surface area (Å²) in [6, 6.07) is 0. The maximum Gasteiger partial charge on any atom is 0.253 e. The Morgan fingerprint density at radius 1 is 0.958 bits per heavy atom. The molecular weight excluding hydrogens is 316 g/mol. The Bertz CT molecular complexity index is 554. The first-order chi connectivity index (χ1) is 11.7. The van der Waals surface area contributed by atoms with E-state index >= 15 is 0 Å². The number of ether oxygens (including phenoxy) is 3. The number of amides is 2. The minimum absolute atomic E-state index is 0.120. The van der Waals surface area contributed by atoms with E-state index in [0.29, 0.717) is 51.9 Å². The van der Waals surface area contributed by atoms with E-state index in [1.54, 1.807) is 10.9 Å². The second-order valence-electron chi connectivity index (χ2n) is 4.91. The lowest BCUT2D eigenvalue weighted by Gasteiger charge is -2.10. The lowest BCUT2D eigenvalue weighted by atomic mass is 10.4. The van der Waals surface area contributed by atoms with Crippen molar-refractivity contribution in [3.8, 4) is 0 Å². The molecule has 2 rings (SSSR count). The minimum Gasteiger partial charge on any atom is -0.379 e. The number of imide groups is 1. The third kappa shape index (κ3) is 5.84. The molecule has 131 valence electrons. The maximum absolute atomic E-state index is 11.5. The Morgan fingerprint density at radius 2 is 1.58 bits per heavy atom. The summed E-state index contributed by atoms with van der Waals surface area (Å²) in [5.74, 6) is -0.669. The highest BCUT2D eigenvalue weighted by Gasteiger charge is 2.24. The summed E-state index contributed by atoms with van der Waals surface area (Å²) in [5, 5.41) is 7.88. The molecule has 0 aliphatic carbocycles. The normalized spacial score (nSPS) is 14.1. The van der Waals surface area contributed by atoms with Gasteiger partial charge in [0.05, 0.1) is 52.3 Å². The van der Waals surface area contributed by atoms with Crippen LogP contribution in [0.25, 0.3) is 0 Å². The van der Waals surface area contributed by atoms with Crippen LogP contribution in [0.5, 0.6) is 0 Å². The van der Waals surface area contributed by atoms with Crippen LogP contribution < -0.4 is 0 Å². The average Bonchev–Trinajstić information content (AvgIpc) is 3.15. The van der Waals surface area contributed by atoms with Crippen molar-refractivity contribution in [2.75, 3.05) is 39.6 Å². The number of hydrogen-bond acceptors (Lipinski definition) is 7. The van der Waals surface area contributed by atoms with Gasteiger partial charge in [-0.05, 0) is 6.92 Å². The van der Waals surface area contributed by atoms with Crippen LogP contribution in [-0.2, 0) is 36.9 Å². The van der Waals surface area contributed by atoms with E-state index in [2.05, 4.69) is 17.2 Å². The van der Waals surface area contributed by atoms with Gasteiger partial charge >= 0.3 is 0 Å². The fourth-order valence-corrected chi connectivity index (χ4v) is 1.97. The van der Waals surface area contributed by atoms with Crippen LogP contribution in [-0.4, -0.2) is 71.3 Å². The molecule has 0 aromatic carbocycles. The quantitative estimate of drug-likeness (QED) is 0.378. The maximum atomic E-state index is 11.5. The number of carbonyl (C=O) groups excluding carboxylic acids is 2. The van der Waals surface area contributed by atoms with Gasteiger partial charge in [-0.1, -0.05) is 5.21 Å². The van der Waals surface area contributed by atoms with Crippen LogP contribution in [0.3, 0.4) is 0 Å². The van der Waals surface area contributed by atoms with E-state index in [1.165, 1.54) is 12.2 Å². The van der Waals surface area contributed by atoms with Crippen LogP contribution >= 0.6 is 0 Å². The van der Waals surface area contributed by atoms with Gasteiger partial charge in [0.15, 0.2) is 0 Å². The fraction of sp³-hybridized carbons (Fsp3) is 0.533. The van der Waals surface area contributed by atoms with Gasteiger partial charge in [0.25, 0.3) is 11.8 Å². The molecule has 0 N–H and O–H groups in total. The topological polar surface area (TPSA) is 95.8 Å². The summed E-state index contributed by atoms with van der Waals surface area (Å²) >= 11 is 0. The SMILES string of the molecule is [CH2]COCCOCCOCCn1cc(CN2C(=O)C=CC2=O)nn1. The van der Waals surface area contributed by atoms with Gasteiger partial charge < -0.3 is 14.2 Å². The average molecular weight is 337 g/mol. The Hall–Kier alpha value is -2.10. The lowest BCUT2D eigenvalue weighted by molar-refractivity contribution is -0.137. The van der Waals surface area contributed by atoms with Crippen molar-refractivity contribution in [1.29, 1.82) is 0 Å². The minimum atomic E-state index is -0.335. The molecule has 0 saturated carbocycles. The van der Waals surface area contributed by atoms with Crippen molar-refractivity contribution in [2.24, 2.45) is 0 Å². The highest BCUT2D eigenvalue weighted by molar-refractivity contribution is 6.12.